The normalized spacial score (nSPS) is 9.92. The van der Waals surface area contributed by atoms with Crippen molar-refractivity contribution in [1.29, 1.82) is 0 Å². The maximum absolute atomic E-state index is 11.2. The number of anilines is 2. The Labute approximate surface area is 152 Å². The first-order valence-corrected chi connectivity index (χ1v) is 8.11. The average Bonchev–Trinajstić information content (AvgIpc) is 2.59. The highest BCUT2D eigenvalue weighted by atomic mass is 16.5. The molecule has 0 aliphatic carbocycles. The summed E-state index contributed by atoms with van der Waals surface area (Å²) in [6.07, 6.45) is 0. The Balaban J connectivity index is 1.91. The second-order valence-electron chi connectivity index (χ2n) is 5.68. The third-order valence-electron chi connectivity index (χ3n) is 3.26. The predicted octanol–water partition coefficient (Wildman–Crippen LogP) is 3.62. The molecule has 6 heteroatoms. The van der Waals surface area contributed by atoms with Crippen LogP contribution in [-0.2, 0) is 9.59 Å². The predicted molar refractivity (Wildman–Crippen MR) is 102 cm³/mol. The molecule has 26 heavy (non-hydrogen) atoms. The van der Waals surface area contributed by atoms with Crippen LogP contribution in [0, 0.1) is 0 Å². The van der Waals surface area contributed by atoms with Crippen LogP contribution in [0.25, 0.3) is 0 Å². The van der Waals surface area contributed by atoms with Gasteiger partial charge in [-0.2, -0.15) is 0 Å². The summed E-state index contributed by atoms with van der Waals surface area (Å²) in [7, 11) is 0. The fraction of sp³-hybridized carbons (Fsp3) is 0.200. The van der Waals surface area contributed by atoms with Crippen molar-refractivity contribution in [2.45, 2.75) is 13.8 Å². The Morgan fingerprint density at radius 1 is 0.808 bits per heavy atom. The monoisotopic (exact) mass is 354 g/mol. The van der Waals surface area contributed by atoms with Crippen LogP contribution in [0.2, 0.25) is 0 Å². The maximum Gasteiger partial charge on any atom is 0.221 e. The second kappa shape index (κ2) is 9.27. The molecule has 0 aliphatic heterocycles. The Kier molecular flexibility index (Phi) is 6.79. The van der Waals surface area contributed by atoms with Crippen LogP contribution in [0.5, 0.6) is 11.5 Å². The Bertz CT molecular complexity index is 736. The lowest BCUT2D eigenvalue weighted by Gasteiger charge is -2.15. The number of hydrogen-bond donors (Lipinski definition) is 2. The molecule has 0 radical (unpaired) electrons. The number of nitrogens with one attached hydrogen (secondary N) is 2. The molecule has 2 N–H and O–H groups in total. The molecule has 136 valence electrons. The third-order valence-corrected chi connectivity index (χ3v) is 3.26. The molecule has 0 saturated carbocycles. The molecule has 2 amide bonds. The molecule has 0 fully saturated rings. The van der Waals surface area contributed by atoms with E-state index in [0.29, 0.717) is 28.4 Å². The minimum absolute atomic E-state index is 0.169. The Morgan fingerprint density at radius 2 is 1.19 bits per heavy atom. The smallest absolute Gasteiger partial charge is 0.221 e. The van der Waals surface area contributed by atoms with E-state index in [9.17, 15) is 9.59 Å². The summed E-state index contributed by atoms with van der Waals surface area (Å²) in [6.45, 7) is 7.29. The van der Waals surface area contributed by atoms with Crippen molar-refractivity contribution in [1.82, 2.24) is 0 Å². The van der Waals surface area contributed by atoms with Crippen molar-refractivity contribution < 1.29 is 19.1 Å². The van der Waals surface area contributed by atoms with Gasteiger partial charge in [0, 0.05) is 13.8 Å². The van der Waals surface area contributed by atoms with Crippen LogP contribution in [0.4, 0.5) is 11.4 Å². The van der Waals surface area contributed by atoms with Crippen molar-refractivity contribution in [2.24, 2.45) is 0 Å². The highest BCUT2D eigenvalue weighted by molar-refractivity contribution is 5.90. The third kappa shape index (κ3) is 5.98. The molecule has 2 rings (SSSR count). The van der Waals surface area contributed by atoms with Gasteiger partial charge in [0.1, 0.15) is 24.7 Å². The van der Waals surface area contributed by atoms with Gasteiger partial charge < -0.3 is 20.1 Å². The minimum Gasteiger partial charge on any atom is -0.487 e. The standard InChI is InChI=1S/C20H22N2O4/c1-14(12-25-19-10-6-4-8-17(19)21-15(2)23)13-26-20-11-7-5-9-18(20)22-16(3)24/h4-11H,1,12-13H2,2-3H3,(H,21,23)(H,22,24). The van der Waals surface area contributed by atoms with E-state index < -0.39 is 0 Å². The highest BCUT2D eigenvalue weighted by Crippen LogP contribution is 2.25. The largest absolute Gasteiger partial charge is 0.487 e. The minimum atomic E-state index is -0.169. The van der Waals surface area contributed by atoms with Crippen LogP contribution < -0.4 is 20.1 Å². The van der Waals surface area contributed by atoms with E-state index in [4.69, 9.17) is 9.47 Å². The highest BCUT2D eigenvalue weighted by Gasteiger charge is 2.07. The SMILES string of the molecule is C=C(COc1ccccc1NC(C)=O)COc1ccccc1NC(C)=O. The van der Waals surface area contributed by atoms with E-state index in [2.05, 4.69) is 17.2 Å². The van der Waals surface area contributed by atoms with Gasteiger partial charge in [0.05, 0.1) is 11.4 Å². The zero-order chi connectivity index (χ0) is 18.9. The number of ether oxygens (including phenoxy) is 2. The van der Waals surface area contributed by atoms with Gasteiger partial charge in [0.25, 0.3) is 0 Å². The van der Waals surface area contributed by atoms with Gasteiger partial charge in [-0.25, -0.2) is 0 Å². The molecule has 0 aliphatic rings. The molecule has 0 atom stereocenters. The van der Waals surface area contributed by atoms with Crippen molar-refractivity contribution in [3.8, 4) is 11.5 Å². The summed E-state index contributed by atoms with van der Waals surface area (Å²) in [6, 6.07) is 14.3. The zero-order valence-electron chi connectivity index (χ0n) is 14.9. The molecule has 0 spiro atoms. The molecular weight excluding hydrogens is 332 g/mol. The molecule has 0 bridgehead atoms. The number of hydrogen-bond acceptors (Lipinski definition) is 4. The van der Waals surface area contributed by atoms with E-state index in [0.717, 1.165) is 0 Å². The summed E-state index contributed by atoms with van der Waals surface area (Å²) < 4.78 is 11.4. The quantitative estimate of drug-likeness (QED) is 0.710. The van der Waals surface area contributed by atoms with Gasteiger partial charge in [-0.1, -0.05) is 30.8 Å². The number of carbonyl (C=O) groups is 2. The summed E-state index contributed by atoms with van der Waals surface area (Å²) in [5.41, 5.74) is 1.91. The molecule has 0 heterocycles. The van der Waals surface area contributed by atoms with Crippen molar-refractivity contribution >= 4 is 23.2 Å². The molecular formula is C20H22N2O4. The van der Waals surface area contributed by atoms with Crippen molar-refractivity contribution in [3.05, 3.63) is 60.7 Å². The Hall–Kier alpha value is -3.28. The first kappa shape index (κ1) is 19.1. The van der Waals surface area contributed by atoms with E-state index in [-0.39, 0.29) is 25.0 Å². The summed E-state index contributed by atoms with van der Waals surface area (Å²) in [4.78, 5) is 22.5. The average molecular weight is 354 g/mol. The van der Waals surface area contributed by atoms with Gasteiger partial charge in [-0.3, -0.25) is 9.59 Å². The molecule has 0 aromatic heterocycles. The molecule has 0 unspecified atom stereocenters. The topological polar surface area (TPSA) is 76.7 Å². The molecule has 6 nitrogen and oxygen atoms in total. The van der Waals surface area contributed by atoms with Crippen LogP contribution in [0.1, 0.15) is 13.8 Å². The second-order valence-corrected chi connectivity index (χ2v) is 5.68. The Morgan fingerprint density at radius 3 is 1.58 bits per heavy atom. The first-order valence-electron chi connectivity index (χ1n) is 8.11. The zero-order valence-corrected chi connectivity index (χ0v) is 14.9. The lowest BCUT2D eigenvalue weighted by Crippen LogP contribution is -2.12. The number of carbonyl (C=O) groups excluding carboxylic acids is 2. The van der Waals surface area contributed by atoms with E-state index in [1.165, 1.54) is 13.8 Å². The fourth-order valence-corrected chi connectivity index (χ4v) is 2.17. The summed E-state index contributed by atoms with van der Waals surface area (Å²) >= 11 is 0. The van der Waals surface area contributed by atoms with Crippen LogP contribution in [-0.4, -0.2) is 25.0 Å². The first-order chi connectivity index (χ1) is 12.5. The number of amides is 2. The molecule has 2 aromatic carbocycles. The van der Waals surface area contributed by atoms with Crippen LogP contribution >= 0.6 is 0 Å². The van der Waals surface area contributed by atoms with Crippen molar-refractivity contribution in [2.75, 3.05) is 23.8 Å². The molecule has 2 aromatic rings. The summed E-state index contributed by atoms with van der Waals surface area (Å²) in [5, 5.41) is 5.43. The number of benzene rings is 2. The lowest BCUT2D eigenvalue weighted by molar-refractivity contribution is -0.115. The fourth-order valence-electron chi connectivity index (χ4n) is 2.17. The van der Waals surface area contributed by atoms with E-state index >= 15 is 0 Å². The van der Waals surface area contributed by atoms with Crippen molar-refractivity contribution in [3.63, 3.8) is 0 Å². The maximum atomic E-state index is 11.2. The number of para-hydroxylation sites is 4. The van der Waals surface area contributed by atoms with Gasteiger partial charge in [-0.05, 0) is 29.8 Å². The van der Waals surface area contributed by atoms with Gasteiger partial charge >= 0.3 is 0 Å². The van der Waals surface area contributed by atoms with E-state index in [1.807, 2.05) is 24.3 Å². The molecule has 0 saturated heterocycles. The lowest BCUT2D eigenvalue weighted by atomic mass is 10.2. The van der Waals surface area contributed by atoms with E-state index in [1.54, 1.807) is 24.3 Å². The van der Waals surface area contributed by atoms with Crippen LogP contribution in [0.3, 0.4) is 0 Å². The van der Waals surface area contributed by atoms with Gasteiger partial charge in [0.15, 0.2) is 0 Å². The van der Waals surface area contributed by atoms with Crippen LogP contribution in [0.15, 0.2) is 60.7 Å². The van der Waals surface area contributed by atoms with Gasteiger partial charge in [-0.15, -0.1) is 0 Å². The van der Waals surface area contributed by atoms with Gasteiger partial charge in [0.2, 0.25) is 11.8 Å². The number of rotatable bonds is 8. The summed E-state index contributed by atoms with van der Waals surface area (Å²) in [5.74, 6) is 0.778.